The van der Waals surface area contributed by atoms with E-state index in [1.807, 2.05) is 0 Å². The molecule has 2 aromatic rings. The highest BCUT2D eigenvalue weighted by Gasteiger charge is 2.22. The Morgan fingerprint density at radius 3 is 2.78 bits per heavy atom. The Bertz CT molecular complexity index is 631. The summed E-state index contributed by atoms with van der Waals surface area (Å²) in [5.41, 5.74) is 1.56. The third-order valence-corrected chi connectivity index (χ3v) is 3.30. The van der Waals surface area contributed by atoms with Gasteiger partial charge in [0.1, 0.15) is 0 Å². The number of ketones is 1. The van der Waals surface area contributed by atoms with Crippen LogP contribution in [0.2, 0.25) is 0 Å². The zero-order chi connectivity index (χ0) is 12.7. The molecule has 0 saturated carbocycles. The molecule has 0 saturated heterocycles. The molecule has 1 aromatic heterocycles. The molecule has 2 nitrogen and oxygen atoms in total. The van der Waals surface area contributed by atoms with E-state index in [0.29, 0.717) is 18.4 Å². The standard InChI is InChI=1S/C14H11F2NO/c15-10-3-1-5-12(14(10)16)17-8-7-9-11(17)4-2-6-13(9)18/h1,3,5,7-8H,2,4,6H2. The van der Waals surface area contributed by atoms with E-state index in [4.69, 9.17) is 0 Å². The Kier molecular flexibility index (Phi) is 2.51. The van der Waals surface area contributed by atoms with Crippen molar-refractivity contribution in [1.29, 1.82) is 0 Å². The summed E-state index contributed by atoms with van der Waals surface area (Å²) in [7, 11) is 0. The Morgan fingerprint density at radius 1 is 1.11 bits per heavy atom. The highest BCUT2D eigenvalue weighted by molar-refractivity contribution is 5.98. The van der Waals surface area contributed by atoms with Gasteiger partial charge in [-0.15, -0.1) is 0 Å². The van der Waals surface area contributed by atoms with Gasteiger partial charge in [-0.05, 0) is 31.0 Å². The number of aromatic nitrogens is 1. The lowest BCUT2D eigenvalue weighted by atomic mass is 9.97. The van der Waals surface area contributed by atoms with Crippen molar-refractivity contribution < 1.29 is 13.6 Å². The second-order valence-corrected chi connectivity index (χ2v) is 4.40. The van der Waals surface area contributed by atoms with E-state index in [2.05, 4.69) is 0 Å². The molecular weight excluding hydrogens is 236 g/mol. The maximum absolute atomic E-state index is 13.8. The molecule has 0 N–H and O–H groups in total. The number of hydrogen-bond donors (Lipinski definition) is 0. The Balaban J connectivity index is 2.19. The lowest BCUT2D eigenvalue weighted by Gasteiger charge is -2.15. The number of nitrogens with zero attached hydrogens (tertiary/aromatic N) is 1. The number of carbonyl (C=O) groups is 1. The molecule has 1 aromatic carbocycles. The summed E-state index contributed by atoms with van der Waals surface area (Å²) in [6.07, 6.45) is 3.63. The quantitative estimate of drug-likeness (QED) is 0.758. The topological polar surface area (TPSA) is 22.0 Å². The van der Waals surface area contributed by atoms with Gasteiger partial charge in [-0.2, -0.15) is 0 Å². The molecule has 0 radical (unpaired) electrons. The molecule has 18 heavy (non-hydrogen) atoms. The molecule has 0 bridgehead atoms. The minimum absolute atomic E-state index is 0.0758. The fraction of sp³-hybridized carbons (Fsp3) is 0.214. The average Bonchev–Trinajstić information content (AvgIpc) is 2.78. The van der Waals surface area contributed by atoms with Crippen molar-refractivity contribution in [2.75, 3.05) is 0 Å². The van der Waals surface area contributed by atoms with Gasteiger partial charge >= 0.3 is 0 Å². The molecule has 1 aliphatic rings. The molecule has 0 unspecified atom stereocenters. The Morgan fingerprint density at radius 2 is 1.94 bits per heavy atom. The first kappa shape index (κ1) is 11.1. The van der Waals surface area contributed by atoms with Crippen LogP contribution in [-0.2, 0) is 6.42 Å². The van der Waals surface area contributed by atoms with E-state index in [-0.39, 0.29) is 11.5 Å². The van der Waals surface area contributed by atoms with E-state index in [1.165, 1.54) is 12.1 Å². The second-order valence-electron chi connectivity index (χ2n) is 4.40. The van der Waals surface area contributed by atoms with Gasteiger partial charge in [-0.3, -0.25) is 4.79 Å². The number of halogens is 2. The smallest absolute Gasteiger partial charge is 0.182 e. The maximum atomic E-state index is 13.8. The van der Waals surface area contributed by atoms with E-state index in [0.717, 1.165) is 18.2 Å². The van der Waals surface area contributed by atoms with Gasteiger partial charge < -0.3 is 4.57 Å². The summed E-state index contributed by atoms with van der Waals surface area (Å²) in [5, 5.41) is 0. The van der Waals surface area contributed by atoms with Gasteiger partial charge in [0.15, 0.2) is 17.4 Å². The monoisotopic (exact) mass is 247 g/mol. The van der Waals surface area contributed by atoms with Crippen LogP contribution in [0.3, 0.4) is 0 Å². The number of fused-ring (bicyclic) bond motifs is 1. The molecule has 92 valence electrons. The summed E-state index contributed by atoms with van der Waals surface area (Å²) in [4.78, 5) is 11.7. The third-order valence-electron chi connectivity index (χ3n) is 3.30. The summed E-state index contributed by atoms with van der Waals surface area (Å²) < 4.78 is 28.6. The predicted molar refractivity (Wildman–Crippen MR) is 63.0 cm³/mol. The second kappa shape index (κ2) is 4.05. The summed E-state index contributed by atoms with van der Waals surface area (Å²) in [6.45, 7) is 0. The SMILES string of the molecule is O=C1CCCc2c1ccn2-c1cccc(F)c1F. The number of hydrogen-bond acceptors (Lipinski definition) is 1. The predicted octanol–water partition coefficient (Wildman–Crippen LogP) is 3.27. The lowest BCUT2D eigenvalue weighted by Crippen LogP contribution is -2.13. The van der Waals surface area contributed by atoms with Crippen LogP contribution >= 0.6 is 0 Å². The molecule has 0 spiro atoms. The van der Waals surface area contributed by atoms with E-state index in [1.54, 1.807) is 16.8 Å². The molecule has 4 heteroatoms. The van der Waals surface area contributed by atoms with Crippen LogP contribution in [0.25, 0.3) is 5.69 Å². The van der Waals surface area contributed by atoms with Gasteiger partial charge in [-0.1, -0.05) is 6.07 Å². The Labute approximate surface area is 103 Å². The van der Waals surface area contributed by atoms with E-state index < -0.39 is 11.6 Å². The summed E-state index contributed by atoms with van der Waals surface area (Å²) >= 11 is 0. The van der Waals surface area contributed by atoms with Gasteiger partial charge in [0.2, 0.25) is 0 Å². The van der Waals surface area contributed by atoms with Crippen LogP contribution in [0, 0.1) is 11.6 Å². The van der Waals surface area contributed by atoms with Crippen molar-refractivity contribution >= 4 is 5.78 Å². The molecular formula is C14H11F2NO. The van der Waals surface area contributed by atoms with Crippen LogP contribution in [0.4, 0.5) is 8.78 Å². The van der Waals surface area contributed by atoms with Gasteiger partial charge in [-0.25, -0.2) is 8.78 Å². The lowest BCUT2D eigenvalue weighted by molar-refractivity contribution is 0.0972. The molecule has 3 rings (SSSR count). The number of rotatable bonds is 1. The number of Topliss-reactive ketones (excluding diaryl/α,β-unsaturated/α-hetero) is 1. The van der Waals surface area contributed by atoms with Crippen molar-refractivity contribution in [3.63, 3.8) is 0 Å². The van der Waals surface area contributed by atoms with Crippen molar-refractivity contribution in [2.45, 2.75) is 19.3 Å². The zero-order valence-electron chi connectivity index (χ0n) is 9.62. The maximum Gasteiger partial charge on any atom is 0.182 e. The Hall–Kier alpha value is -1.97. The minimum atomic E-state index is -0.881. The molecule has 0 fully saturated rings. The largest absolute Gasteiger partial charge is 0.317 e. The molecule has 1 heterocycles. The zero-order valence-corrected chi connectivity index (χ0v) is 9.62. The number of carbonyl (C=O) groups excluding carboxylic acids is 1. The van der Waals surface area contributed by atoms with Gasteiger partial charge in [0, 0.05) is 23.9 Å². The fourth-order valence-corrected chi connectivity index (χ4v) is 2.43. The van der Waals surface area contributed by atoms with Crippen molar-refractivity contribution in [2.24, 2.45) is 0 Å². The van der Waals surface area contributed by atoms with Crippen LogP contribution in [0.1, 0.15) is 28.9 Å². The summed E-state index contributed by atoms with van der Waals surface area (Å²) in [5.74, 6) is -1.68. The van der Waals surface area contributed by atoms with Crippen LogP contribution < -0.4 is 0 Å². The average molecular weight is 247 g/mol. The molecule has 0 aliphatic heterocycles. The third kappa shape index (κ3) is 1.56. The van der Waals surface area contributed by atoms with Crippen molar-refractivity contribution in [1.82, 2.24) is 4.57 Å². The van der Waals surface area contributed by atoms with Gasteiger partial charge in [0.25, 0.3) is 0 Å². The first-order chi connectivity index (χ1) is 8.68. The fourth-order valence-electron chi connectivity index (χ4n) is 2.43. The molecule has 0 amide bonds. The number of benzene rings is 1. The minimum Gasteiger partial charge on any atom is -0.317 e. The summed E-state index contributed by atoms with van der Waals surface area (Å²) in [6, 6.07) is 5.74. The van der Waals surface area contributed by atoms with E-state index in [9.17, 15) is 13.6 Å². The van der Waals surface area contributed by atoms with Gasteiger partial charge in [0.05, 0.1) is 5.69 Å². The first-order valence-corrected chi connectivity index (χ1v) is 5.86. The van der Waals surface area contributed by atoms with Crippen LogP contribution in [0.5, 0.6) is 0 Å². The normalized spacial score (nSPS) is 14.7. The van der Waals surface area contributed by atoms with Crippen molar-refractivity contribution in [3.8, 4) is 5.69 Å². The first-order valence-electron chi connectivity index (χ1n) is 5.86. The van der Waals surface area contributed by atoms with E-state index >= 15 is 0 Å². The highest BCUT2D eigenvalue weighted by atomic mass is 19.2. The molecule has 0 atom stereocenters. The van der Waals surface area contributed by atoms with Crippen LogP contribution in [-0.4, -0.2) is 10.4 Å². The molecule has 1 aliphatic carbocycles. The van der Waals surface area contributed by atoms with Crippen LogP contribution in [0.15, 0.2) is 30.5 Å². The van der Waals surface area contributed by atoms with Crippen molar-refractivity contribution in [3.05, 3.63) is 53.4 Å². The highest BCUT2D eigenvalue weighted by Crippen LogP contribution is 2.26.